The maximum absolute atomic E-state index is 12.8. The fourth-order valence-corrected chi connectivity index (χ4v) is 2.78. The molecule has 0 bridgehead atoms. The number of oxazole rings is 1. The molecule has 6 heteroatoms. The van der Waals surface area contributed by atoms with E-state index in [0.29, 0.717) is 29.6 Å². The van der Waals surface area contributed by atoms with Crippen LogP contribution in [0.3, 0.4) is 0 Å². The molecule has 0 atom stereocenters. The van der Waals surface area contributed by atoms with Crippen LogP contribution in [-0.2, 0) is 4.74 Å². The fraction of sp³-hybridized carbons (Fsp3) is 0.389. The highest BCUT2D eigenvalue weighted by molar-refractivity contribution is 6.08. The Balaban J connectivity index is 1.89. The Labute approximate surface area is 140 Å². The van der Waals surface area contributed by atoms with E-state index in [2.05, 4.69) is 4.98 Å². The van der Waals surface area contributed by atoms with E-state index in [0.717, 1.165) is 12.8 Å². The predicted octanol–water partition coefficient (Wildman–Crippen LogP) is 3.40. The van der Waals surface area contributed by atoms with Crippen LogP contribution in [0.15, 0.2) is 34.9 Å². The molecule has 24 heavy (non-hydrogen) atoms. The maximum atomic E-state index is 12.8. The van der Waals surface area contributed by atoms with Crippen molar-refractivity contribution in [2.24, 2.45) is 0 Å². The molecule has 1 aromatic heterocycles. The minimum atomic E-state index is -0.479. The van der Waals surface area contributed by atoms with Crippen molar-refractivity contribution >= 4 is 17.6 Å². The summed E-state index contributed by atoms with van der Waals surface area (Å²) >= 11 is 0. The molecule has 1 fully saturated rings. The molecule has 6 nitrogen and oxygen atoms in total. The van der Waals surface area contributed by atoms with E-state index < -0.39 is 5.97 Å². The largest absolute Gasteiger partial charge is 0.465 e. The van der Waals surface area contributed by atoms with Gasteiger partial charge in [0.05, 0.1) is 18.4 Å². The molecule has 1 aromatic carbocycles. The van der Waals surface area contributed by atoms with Crippen molar-refractivity contribution in [3.63, 3.8) is 0 Å². The minimum absolute atomic E-state index is 0.262. The zero-order valence-corrected chi connectivity index (χ0v) is 13.8. The normalized spacial score (nSPS) is 14.1. The van der Waals surface area contributed by atoms with Crippen molar-refractivity contribution in [2.75, 3.05) is 18.6 Å². The van der Waals surface area contributed by atoms with E-state index in [1.54, 1.807) is 24.3 Å². The van der Waals surface area contributed by atoms with Crippen LogP contribution in [-0.4, -0.2) is 30.5 Å². The zero-order chi connectivity index (χ0) is 17.1. The highest BCUT2D eigenvalue weighted by atomic mass is 16.5. The Kier molecular flexibility index (Phi) is 4.64. The molecule has 1 amide bonds. The second-order valence-corrected chi connectivity index (χ2v) is 5.76. The predicted molar refractivity (Wildman–Crippen MR) is 88.2 cm³/mol. The lowest BCUT2D eigenvalue weighted by Gasteiger charge is -2.22. The lowest BCUT2D eigenvalue weighted by Crippen LogP contribution is -2.32. The Bertz CT molecular complexity index is 749. The SMILES string of the molecule is CCN(C(=O)c1coc(C2CCC2)n1)c1ccccc1C(=O)OC. The van der Waals surface area contributed by atoms with Gasteiger partial charge in [0, 0.05) is 12.5 Å². The van der Waals surface area contributed by atoms with E-state index in [9.17, 15) is 9.59 Å². The van der Waals surface area contributed by atoms with Gasteiger partial charge in [-0.25, -0.2) is 9.78 Å². The molecule has 0 aliphatic heterocycles. The number of anilines is 1. The number of hydrogen-bond acceptors (Lipinski definition) is 5. The van der Waals surface area contributed by atoms with Gasteiger partial charge in [-0.15, -0.1) is 0 Å². The van der Waals surface area contributed by atoms with E-state index in [4.69, 9.17) is 9.15 Å². The molecule has 0 unspecified atom stereocenters. The third-order valence-electron chi connectivity index (χ3n) is 4.36. The summed E-state index contributed by atoms with van der Waals surface area (Å²) in [4.78, 5) is 30.6. The summed E-state index contributed by atoms with van der Waals surface area (Å²) in [6, 6.07) is 6.87. The smallest absolute Gasteiger partial charge is 0.339 e. The Hall–Kier alpha value is -2.63. The van der Waals surface area contributed by atoms with Gasteiger partial charge in [-0.3, -0.25) is 4.79 Å². The number of para-hydroxylation sites is 1. The van der Waals surface area contributed by atoms with Gasteiger partial charge < -0.3 is 14.1 Å². The van der Waals surface area contributed by atoms with Crippen molar-refractivity contribution in [1.29, 1.82) is 0 Å². The topological polar surface area (TPSA) is 72.6 Å². The van der Waals surface area contributed by atoms with Crippen LogP contribution < -0.4 is 4.90 Å². The zero-order valence-electron chi connectivity index (χ0n) is 13.8. The maximum Gasteiger partial charge on any atom is 0.339 e. The van der Waals surface area contributed by atoms with Crippen LogP contribution in [0, 0.1) is 0 Å². The molecular formula is C18H20N2O4. The number of methoxy groups -OCH3 is 1. The third-order valence-corrected chi connectivity index (χ3v) is 4.36. The van der Waals surface area contributed by atoms with Crippen molar-refractivity contribution in [1.82, 2.24) is 4.98 Å². The number of hydrogen-bond donors (Lipinski definition) is 0. The number of amides is 1. The fourth-order valence-electron chi connectivity index (χ4n) is 2.78. The number of nitrogens with zero attached hydrogens (tertiary/aromatic N) is 2. The van der Waals surface area contributed by atoms with Gasteiger partial charge in [-0.2, -0.15) is 0 Å². The molecule has 1 heterocycles. The Morgan fingerprint density at radius 2 is 2.08 bits per heavy atom. The second-order valence-electron chi connectivity index (χ2n) is 5.76. The van der Waals surface area contributed by atoms with Gasteiger partial charge in [0.2, 0.25) is 0 Å². The molecule has 0 spiro atoms. The number of benzene rings is 1. The van der Waals surface area contributed by atoms with Gasteiger partial charge >= 0.3 is 5.97 Å². The van der Waals surface area contributed by atoms with E-state index >= 15 is 0 Å². The molecule has 3 rings (SSSR count). The summed E-state index contributed by atoms with van der Waals surface area (Å²) in [5, 5.41) is 0. The molecular weight excluding hydrogens is 308 g/mol. The quantitative estimate of drug-likeness (QED) is 0.787. The molecule has 0 N–H and O–H groups in total. The lowest BCUT2D eigenvalue weighted by molar-refractivity contribution is 0.0601. The molecule has 2 aromatic rings. The van der Waals surface area contributed by atoms with E-state index in [1.807, 2.05) is 6.92 Å². The van der Waals surface area contributed by atoms with Gasteiger partial charge in [0.25, 0.3) is 5.91 Å². The van der Waals surface area contributed by atoms with Crippen molar-refractivity contribution in [3.8, 4) is 0 Å². The van der Waals surface area contributed by atoms with Gasteiger partial charge in [0.1, 0.15) is 6.26 Å². The van der Waals surface area contributed by atoms with Crippen molar-refractivity contribution < 1.29 is 18.7 Å². The summed E-state index contributed by atoms with van der Waals surface area (Å²) in [6.45, 7) is 2.25. The average Bonchev–Trinajstić information content (AvgIpc) is 3.03. The average molecular weight is 328 g/mol. The van der Waals surface area contributed by atoms with Crippen molar-refractivity contribution in [3.05, 3.63) is 47.7 Å². The highest BCUT2D eigenvalue weighted by Crippen LogP contribution is 2.35. The summed E-state index contributed by atoms with van der Waals surface area (Å²) in [7, 11) is 1.32. The molecule has 1 saturated carbocycles. The Morgan fingerprint density at radius 3 is 2.71 bits per heavy atom. The number of carbonyl (C=O) groups is 2. The summed E-state index contributed by atoms with van der Waals surface area (Å²) in [5.74, 6) is 0.182. The summed E-state index contributed by atoms with van der Waals surface area (Å²) in [6.07, 6.45) is 4.68. The van der Waals surface area contributed by atoms with Crippen LogP contribution in [0.4, 0.5) is 5.69 Å². The first-order chi connectivity index (χ1) is 11.7. The number of rotatable bonds is 5. The minimum Gasteiger partial charge on any atom is -0.465 e. The third kappa shape index (κ3) is 2.91. The molecule has 1 aliphatic carbocycles. The number of esters is 1. The Morgan fingerprint density at radius 1 is 1.33 bits per heavy atom. The number of ether oxygens (including phenoxy) is 1. The van der Waals surface area contributed by atoms with Crippen LogP contribution in [0.1, 0.15) is 58.8 Å². The van der Waals surface area contributed by atoms with Gasteiger partial charge in [-0.1, -0.05) is 18.6 Å². The van der Waals surface area contributed by atoms with Crippen LogP contribution in [0.25, 0.3) is 0 Å². The van der Waals surface area contributed by atoms with E-state index in [-0.39, 0.29) is 11.6 Å². The van der Waals surface area contributed by atoms with E-state index in [1.165, 1.54) is 24.7 Å². The molecule has 126 valence electrons. The van der Waals surface area contributed by atoms with Crippen LogP contribution >= 0.6 is 0 Å². The number of carbonyl (C=O) groups excluding carboxylic acids is 2. The van der Waals surface area contributed by atoms with Crippen molar-refractivity contribution in [2.45, 2.75) is 32.1 Å². The first-order valence-electron chi connectivity index (χ1n) is 8.10. The molecule has 0 radical (unpaired) electrons. The van der Waals surface area contributed by atoms with Gasteiger partial charge in [-0.05, 0) is 31.9 Å². The summed E-state index contributed by atoms with van der Waals surface area (Å²) < 4.78 is 10.3. The van der Waals surface area contributed by atoms with Gasteiger partial charge in [0.15, 0.2) is 11.6 Å². The van der Waals surface area contributed by atoms with Crippen LogP contribution in [0.5, 0.6) is 0 Å². The first kappa shape index (κ1) is 16.2. The molecule has 0 saturated heterocycles. The first-order valence-corrected chi connectivity index (χ1v) is 8.10. The molecule has 1 aliphatic rings. The monoisotopic (exact) mass is 328 g/mol. The lowest BCUT2D eigenvalue weighted by atomic mass is 9.85. The number of aromatic nitrogens is 1. The highest BCUT2D eigenvalue weighted by Gasteiger charge is 2.28. The summed E-state index contributed by atoms with van der Waals surface area (Å²) in [5.41, 5.74) is 1.11. The second kappa shape index (κ2) is 6.86. The standard InChI is InChI=1S/C18H20N2O4/c1-3-20(15-10-5-4-9-13(15)18(22)23-2)17(21)14-11-24-16(19-14)12-7-6-8-12/h4-5,9-12H,3,6-8H2,1-2H3. The van der Waals surface area contributed by atoms with Crippen LogP contribution in [0.2, 0.25) is 0 Å².